The normalized spacial score (nSPS) is 26.1. The third-order valence-corrected chi connectivity index (χ3v) is 7.63. The summed E-state index contributed by atoms with van der Waals surface area (Å²) in [5, 5.41) is 20.0. The van der Waals surface area contributed by atoms with Gasteiger partial charge in [-0.3, -0.25) is 4.90 Å². The van der Waals surface area contributed by atoms with Gasteiger partial charge in [-0.2, -0.15) is 0 Å². The van der Waals surface area contributed by atoms with Crippen molar-refractivity contribution in [2.75, 3.05) is 19.7 Å². The average Bonchev–Trinajstić information content (AvgIpc) is 3.20. The molecule has 0 amide bonds. The van der Waals surface area contributed by atoms with Crippen LogP contribution in [0.5, 0.6) is 0 Å². The molecule has 0 radical (unpaired) electrons. The Morgan fingerprint density at radius 1 is 1.13 bits per heavy atom. The summed E-state index contributed by atoms with van der Waals surface area (Å²) in [6.07, 6.45) is 5.03. The molecule has 1 aliphatic carbocycles. The topological polar surface area (TPSA) is 70.0 Å². The molecule has 164 valence electrons. The number of nitrogens with zero attached hydrogens (tertiary/aromatic N) is 1. The summed E-state index contributed by atoms with van der Waals surface area (Å²) < 4.78 is 5.68. The van der Waals surface area contributed by atoms with Gasteiger partial charge in [0.2, 0.25) is 0 Å². The van der Waals surface area contributed by atoms with Gasteiger partial charge in [0, 0.05) is 19.7 Å². The Bertz CT molecular complexity index is 956. The van der Waals surface area contributed by atoms with E-state index in [1.807, 2.05) is 13.0 Å². The van der Waals surface area contributed by atoms with Crippen LogP contribution in [0.15, 0.2) is 42.5 Å². The monoisotopic (exact) mass is 421 g/mol. The van der Waals surface area contributed by atoms with Crippen molar-refractivity contribution in [3.63, 3.8) is 0 Å². The summed E-state index contributed by atoms with van der Waals surface area (Å²) in [7, 11) is 0. The quantitative estimate of drug-likeness (QED) is 0.748. The summed E-state index contributed by atoms with van der Waals surface area (Å²) in [4.78, 5) is 13.6. The van der Waals surface area contributed by atoms with E-state index in [2.05, 4.69) is 29.2 Å². The molecule has 5 nitrogen and oxygen atoms in total. The van der Waals surface area contributed by atoms with E-state index in [0.29, 0.717) is 16.9 Å². The Morgan fingerprint density at radius 2 is 1.87 bits per heavy atom. The van der Waals surface area contributed by atoms with Crippen LogP contribution in [-0.2, 0) is 4.74 Å². The summed E-state index contributed by atoms with van der Waals surface area (Å²) in [5.74, 6) is -0.298. The van der Waals surface area contributed by atoms with Gasteiger partial charge >= 0.3 is 5.97 Å². The van der Waals surface area contributed by atoms with Crippen LogP contribution in [0.4, 0.5) is 0 Å². The summed E-state index contributed by atoms with van der Waals surface area (Å²) >= 11 is 0. The maximum Gasteiger partial charge on any atom is 0.335 e. The Balaban J connectivity index is 1.24. The number of carboxylic acids is 1. The standard InChI is InChI=1S/C26H31NO4/c1-17-13-20(15-21(14-17)25(29)30)18-4-6-19(7-5-18)22-16-26(22)8-10-27(11-9-26)24(28)23-3-2-12-31-23/h4-7,13-15,22-24,28H,2-3,8-12,16H2,1H3,(H,29,30)/t22-,23-,24?/m1/s1. The van der Waals surface area contributed by atoms with Gasteiger partial charge in [-0.05, 0) is 84.7 Å². The molecule has 3 atom stereocenters. The molecule has 5 heteroatoms. The van der Waals surface area contributed by atoms with Crippen molar-refractivity contribution in [1.29, 1.82) is 0 Å². The van der Waals surface area contributed by atoms with Crippen molar-refractivity contribution in [2.45, 2.75) is 57.3 Å². The Kier molecular flexibility index (Phi) is 5.37. The van der Waals surface area contributed by atoms with Gasteiger partial charge in [-0.25, -0.2) is 4.79 Å². The molecule has 1 saturated carbocycles. The number of piperidine rings is 1. The lowest BCUT2D eigenvalue weighted by atomic mass is 9.88. The minimum atomic E-state index is -0.891. The SMILES string of the molecule is Cc1cc(C(=O)O)cc(-c2ccc([C@H]3CC34CCN(C(O)[C@H]3CCCO3)CC4)cc2)c1. The Morgan fingerprint density at radius 3 is 2.52 bits per heavy atom. The fraction of sp³-hybridized carbons (Fsp3) is 0.500. The van der Waals surface area contributed by atoms with Gasteiger partial charge in [-0.15, -0.1) is 0 Å². The zero-order valence-corrected chi connectivity index (χ0v) is 18.1. The molecule has 1 spiro atoms. The van der Waals surface area contributed by atoms with Crippen molar-refractivity contribution in [2.24, 2.45) is 5.41 Å². The molecule has 0 aromatic heterocycles. The first kappa shape index (κ1) is 20.7. The highest BCUT2D eigenvalue weighted by molar-refractivity contribution is 5.89. The lowest BCUT2D eigenvalue weighted by Gasteiger charge is -2.37. The molecule has 5 rings (SSSR count). The van der Waals surface area contributed by atoms with E-state index in [4.69, 9.17) is 4.74 Å². The van der Waals surface area contributed by atoms with Crippen LogP contribution < -0.4 is 0 Å². The largest absolute Gasteiger partial charge is 0.478 e. The first-order valence-electron chi connectivity index (χ1n) is 11.4. The molecule has 2 heterocycles. The molecule has 2 N–H and O–H groups in total. The Labute approximate surface area is 183 Å². The number of carbonyl (C=O) groups is 1. The van der Waals surface area contributed by atoms with Crippen LogP contribution in [0.1, 0.15) is 59.5 Å². The van der Waals surface area contributed by atoms with Crippen LogP contribution in [-0.4, -0.2) is 53.1 Å². The fourth-order valence-corrected chi connectivity index (χ4v) is 5.66. The highest BCUT2D eigenvalue weighted by Crippen LogP contribution is 2.65. The first-order valence-corrected chi connectivity index (χ1v) is 11.4. The smallest absolute Gasteiger partial charge is 0.335 e. The van der Waals surface area contributed by atoms with E-state index in [-0.39, 0.29) is 6.10 Å². The van der Waals surface area contributed by atoms with E-state index in [1.165, 1.54) is 12.0 Å². The maximum atomic E-state index is 11.4. The third kappa shape index (κ3) is 4.02. The first-order chi connectivity index (χ1) is 14.9. The van der Waals surface area contributed by atoms with E-state index in [0.717, 1.165) is 62.1 Å². The minimum absolute atomic E-state index is 0.0140. The predicted octanol–water partition coefficient (Wildman–Crippen LogP) is 4.43. The molecule has 3 aliphatic rings. The number of aromatic carboxylic acids is 1. The Hall–Kier alpha value is -2.21. The second kappa shape index (κ2) is 8.05. The van der Waals surface area contributed by atoms with Crippen LogP contribution in [0.2, 0.25) is 0 Å². The van der Waals surface area contributed by atoms with Crippen LogP contribution >= 0.6 is 0 Å². The maximum absolute atomic E-state index is 11.4. The summed E-state index contributed by atoms with van der Waals surface area (Å²) in [5.41, 5.74) is 5.05. The number of aryl methyl sites for hydroxylation is 1. The van der Waals surface area contributed by atoms with Gasteiger partial charge < -0.3 is 14.9 Å². The molecular formula is C26H31NO4. The lowest BCUT2D eigenvalue weighted by Crippen LogP contribution is -2.47. The summed E-state index contributed by atoms with van der Waals surface area (Å²) in [6.45, 7) is 4.59. The number of carboxylic acid groups (broad SMARTS) is 1. The molecule has 2 aromatic carbocycles. The van der Waals surface area contributed by atoms with Crippen molar-refractivity contribution < 1.29 is 19.7 Å². The van der Waals surface area contributed by atoms with E-state index >= 15 is 0 Å². The molecule has 31 heavy (non-hydrogen) atoms. The second-order valence-electron chi connectivity index (χ2n) is 9.64. The predicted molar refractivity (Wildman–Crippen MR) is 119 cm³/mol. The third-order valence-electron chi connectivity index (χ3n) is 7.63. The zero-order valence-electron chi connectivity index (χ0n) is 18.1. The van der Waals surface area contributed by atoms with Gasteiger partial charge in [0.15, 0.2) is 0 Å². The van der Waals surface area contributed by atoms with E-state index < -0.39 is 12.2 Å². The average molecular weight is 422 g/mol. The van der Waals surface area contributed by atoms with Crippen molar-refractivity contribution in [3.8, 4) is 11.1 Å². The molecule has 2 aromatic rings. The van der Waals surface area contributed by atoms with Crippen LogP contribution in [0, 0.1) is 12.3 Å². The number of aliphatic hydroxyl groups is 1. The fourth-order valence-electron chi connectivity index (χ4n) is 5.66. The van der Waals surface area contributed by atoms with Gasteiger partial charge in [0.25, 0.3) is 0 Å². The highest BCUT2D eigenvalue weighted by Gasteiger charge is 2.55. The van der Waals surface area contributed by atoms with E-state index in [9.17, 15) is 15.0 Å². The number of benzene rings is 2. The van der Waals surface area contributed by atoms with Gasteiger partial charge in [0.05, 0.1) is 11.7 Å². The van der Waals surface area contributed by atoms with Crippen molar-refractivity contribution in [1.82, 2.24) is 4.90 Å². The number of aliphatic hydroxyl groups excluding tert-OH is 1. The van der Waals surface area contributed by atoms with Crippen molar-refractivity contribution in [3.05, 3.63) is 59.2 Å². The van der Waals surface area contributed by atoms with E-state index in [1.54, 1.807) is 12.1 Å². The zero-order chi connectivity index (χ0) is 21.6. The number of hydrogen-bond acceptors (Lipinski definition) is 4. The number of likely N-dealkylation sites (tertiary alicyclic amines) is 1. The molecule has 3 fully saturated rings. The van der Waals surface area contributed by atoms with Crippen LogP contribution in [0.3, 0.4) is 0 Å². The van der Waals surface area contributed by atoms with Gasteiger partial charge in [0.1, 0.15) is 6.23 Å². The molecule has 2 aliphatic heterocycles. The van der Waals surface area contributed by atoms with Crippen LogP contribution in [0.25, 0.3) is 11.1 Å². The van der Waals surface area contributed by atoms with Gasteiger partial charge in [-0.1, -0.05) is 30.3 Å². The number of ether oxygens (including phenoxy) is 1. The molecule has 0 bridgehead atoms. The summed E-state index contributed by atoms with van der Waals surface area (Å²) in [6, 6.07) is 14.2. The molecule has 2 saturated heterocycles. The molecule has 1 unspecified atom stereocenters. The van der Waals surface area contributed by atoms with Crippen molar-refractivity contribution >= 4 is 5.97 Å². The minimum Gasteiger partial charge on any atom is -0.478 e. The second-order valence-corrected chi connectivity index (χ2v) is 9.64. The lowest BCUT2D eigenvalue weighted by molar-refractivity contribution is -0.102. The highest BCUT2D eigenvalue weighted by atomic mass is 16.5. The number of rotatable bonds is 5. The number of hydrogen-bond donors (Lipinski definition) is 2. The molecular weight excluding hydrogens is 390 g/mol.